The summed E-state index contributed by atoms with van der Waals surface area (Å²) in [5, 5.41) is 0. The molecule has 2 atom stereocenters. The number of esters is 1. The van der Waals surface area contributed by atoms with Crippen molar-refractivity contribution in [1.29, 1.82) is 0 Å². The molecule has 0 bridgehead atoms. The number of hydrogen-bond donors (Lipinski definition) is 0. The Morgan fingerprint density at radius 3 is 2.29 bits per heavy atom. The van der Waals surface area contributed by atoms with Crippen molar-refractivity contribution in [2.24, 2.45) is 11.8 Å². The third-order valence-corrected chi connectivity index (χ3v) is 2.66. The van der Waals surface area contributed by atoms with Gasteiger partial charge in [-0.3, -0.25) is 4.79 Å². The Hall–Kier alpha value is -0.530. The van der Waals surface area contributed by atoms with Crippen LogP contribution in [-0.2, 0) is 9.53 Å². The van der Waals surface area contributed by atoms with Crippen LogP contribution in [0.25, 0.3) is 0 Å². The molecule has 0 saturated carbocycles. The van der Waals surface area contributed by atoms with Gasteiger partial charge in [-0.2, -0.15) is 0 Å². The molecule has 84 valence electrons. The second kappa shape index (κ2) is 7.84. The number of rotatable bonds is 7. The lowest BCUT2D eigenvalue weighted by Crippen LogP contribution is -2.09. The maximum atomic E-state index is 10.6. The minimum Gasteiger partial charge on any atom is -0.466 e. The zero-order valence-corrected chi connectivity index (χ0v) is 10.0. The maximum Gasteiger partial charge on any atom is 0.302 e. The summed E-state index contributed by atoms with van der Waals surface area (Å²) in [4.78, 5) is 10.6. The third kappa shape index (κ3) is 8.09. The van der Waals surface area contributed by atoms with Gasteiger partial charge >= 0.3 is 5.97 Å². The SMILES string of the molecule is CCC(C)CCCC(C)COC(C)=O. The average molecular weight is 200 g/mol. The summed E-state index contributed by atoms with van der Waals surface area (Å²) in [7, 11) is 0. The Morgan fingerprint density at radius 1 is 1.21 bits per heavy atom. The van der Waals surface area contributed by atoms with E-state index in [0.29, 0.717) is 12.5 Å². The van der Waals surface area contributed by atoms with E-state index in [1.807, 2.05) is 0 Å². The Balaban J connectivity index is 3.35. The van der Waals surface area contributed by atoms with E-state index in [0.717, 1.165) is 12.3 Å². The van der Waals surface area contributed by atoms with Crippen molar-refractivity contribution >= 4 is 5.97 Å². The summed E-state index contributed by atoms with van der Waals surface area (Å²) in [5.74, 6) is 1.16. The van der Waals surface area contributed by atoms with E-state index in [4.69, 9.17) is 4.74 Å². The first kappa shape index (κ1) is 13.5. The van der Waals surface area contributed by atoms with Crippen molar-refractivity contribution in [1.82, 2.24) is 0 Å². The minimum atomic E-state index is -0.168. The van der Waals surface area contributed by atoms with Gasteiger partial charge in [0.15, 0.2) is 0 Å². The lowest BCUT2D eigenvalue weighted by molar-refractivity contribution is -0.142. The van der Waals surface area contributed by atoms with Crippen molar-refractivity contribution in [3.8, 4) is 0 Å². The fraction of sp³-hybridized carbons (Fsp3) is 0.917. The van der Waals surface area contributed by atoms with Gasteiger partial charge in [0.2, 0.25) is 0 Å². The quantitative estimate of drug-likeness (QED) is 0.589. The second-order valence-corrected chi connectivity index (χ2v) is 4.35. The highest BCUT2D eigenvalue weighted by atomic mass is 16.5. The van der Waals surface area contributed by atoms with Crippen molar-refractivity contribution in [3.05, 3.63) is 0 Å². The largest absolute Gasteiger partial charge is 0.466 e. The van der Waals surface area contributed by atoms with E-state index in [-0.39, 0.29) is 5.97 Å². The van der Waals surface area contributed by atoms with Gasteiger partial charge in [-0.05, 0) is 18.3 Å². The normalized spacial score (nSPS) is 14.9. The Kier molecular flexibility index (Phi) is 7.54. The van der Waals surface area contributed by atoms with Crippen LogP contribution >= 0.6 is 0 Å². The van der Waals surface area contributed by atoms with Gasteiger partial charge in [-0.15, -0.1) is 0 Å². The van der Waals surface area contributed by atoms with Crippen LogP contribution in [-0.4, -0.2) is 12.6 Å². The van der Waals surface area contributed by atoms with E-state index >= 15 is 0 Å². The molecule has 0 heterocycles. The van der Waals surface area contributed by atoms with Crippen molar-refractivity contribution in [2.75, 3.05) is 6.61 Å². The number of carbonyl (C=O) groups is 1. The summed E-state index contributed by atoms with van der Waals surface area (Å²) in [6.45, 7) is 8.70. The maximum absolute atomic E-state index is 10.6. The van der Waals surface area contributed by atoms with Gasteiger partial charge < -0.3 is 4.74 Å². The van der Waals surface area contributed by atoms with Crippen molar-refractivity contribution in [2.45, 2.75) is 53.4 Å². The van der Waals surface area contributed by atoms with Crippen molar-refractivity contribution in [3.63, 3.8) is 0 Å². The Labute approximate surface area is 88.0 Å². The molecule has 0 aromatic heterocycles. The van der Waals surface area contributed by atoms with Crippen molar-refractivity contribution < 1.29 is 9.53 Å². The molecule has 0 aliphatic carbocycles. The van der Waals surface area contributed by atoms with Crippen LogP contribution in [0.2, 0.25) is 0 Å². The van der Waals surface area contributed by atoms with Crippen LogP contribution in [0.5, 0.6) is 0 Å². The number of carbonyl (C=O) groups excluding carboxylic acids is 1. The molecule has 0 spiro atoms. The monoisotopic (exact) mass is 200 g/mol. The predicted octanol–water partition coefficient (Wildman–Crippen LogP) is 3.40. The van der Waals surface area contributed by atoms with Gasteiger partial charge in [-0.25, -0.2) is 0 Å². The fourth-order valence-electron chi connectivity index (χ4n) is 1.36. The summed E-state index contributed by atoms with van der Waals surface area (Å²) in [6.07, 6.45) is 4.97. The molecular formula is C12H24O2. The number of hydrogen-bond acceptors (Lipinski definition) is 2. The molecule has 2 unspecified atom stereocenters. The van der Waals surface area contributed by atoms with Crippen LogP contribution < -0.4 is 0 Å². The van der Waals surface area contributed by atoms with E-state index in [2.05, 4.69) is 20.8 Å². The zero-order valence-electron chi connectivity index (χ0n) is 10.0. The molecule has 2 nitrogen and oxygen atoms in total. The summed E-state index contributed by atoms with van der Waals surface area (Å²) in [6, 6.07) is 0. The molecule has 0 aromatic carbocycles. The highest BCUT2D eigenvalue weighted by Crippen LogP contribution is 2.15. The van der Waals surface area contributed by atoms with E-state index in [9.17, 15) is 4.79 Å². The fourth-order valence-corrected chi connectivity index (χ4v) is 1.36. The Morgan fingerprint density at radius 2 is 1.79 bits per heavy atom. The molecule has 0 fully saturated rings. The van der Waals surface area contributed by atoms with Gasteiger partial charge in [-0.1, -0.05) is 40.0 Å². The summed E-state index contributed by atoms with van der Waals surface area (Å²) < 4.78 is 4.95. The first-order valence-corrected chi connectivity index (χ1v) is 5.69. The van der Waals surface area contributed by atoms with Crippen LogP contribution in [0, 0.1) is 11.8 Å². The van der Waals surface area contributed by atoms with Gasteiger partial charge in [0.05, 0.1) is 6.61 Å². The molecule has 0 aliphatic rings. The van der Waals surface area contributed by atoms with Gasteiger partial charge in [0.1, 0.15) is 0 Å². The molecule has 0 saturated heterocycles. The first-order chi connectivity index (χ1) is 6.56. The zero-order chi connectivity index (χ0) is 11.0. The second-order valence-electron chi connectivity index (χ2n) is 4.35. The Bertz CT molecular complexity index is 154. The molecular weight excluding hydrogens is 176 g/mol. The smallest absolute Gasteiger partial charge is 0.302 e. The molecule has 0 amide bonds. The third-order valence-electron chi connectivity index (χ3n) is 2.66. The van der Waals surface area contributed by atoms with Gasteiger partial charge in [0.25, 0.3) is 0 Å². The number of ether oxygens (including phenoxy) is 1. The van der Waals surface area contributed by atoms with E-state index in [1.54, 1.807) is 0 Å². The lowest BCUT2D eigenvalue weighted by Gasteiger charge is -2.12. The molecule has 0 radical (unpaired) electrons. The van der Waals surface area contributed by atoms with Gasteiger partial charge in [0, 0.05) is 6.92 Å². The van der Waals surface area contributed by atoms with E-state index < -0.39 is 0 Å². The molecule has 14 heavy (non-hydrogen) atoms. The van der Waals surface area contributed by atoms with Crippen LogP contribution in [0.15, 0.2) is 0 Å². The van der Waals surface area contributed by atoms with Crippen LogP contribution in [0.3, 0.4) is 0 Å². The standard InChI is InChI=1S/C12H24O2/c1-5-10(2)7-6-8-11(3)9-14-12(4)13/h10-11H,5-9H2,1-4H3. The highest BCUT2D eigenvalue weighted by Gasteiger charge is 2.05. The molecule has 0 aromatic rings. The molecule has 2 heteroatoms. The highest BCUT2D eigenvalue weighted by molar-refractivity contribution is 5.65. The van der Waals surface area contributed by atoms with Crippen LogP contribution in [0.1, 0.15) is 53.4 Å². The molecule has 0 N–H and O–H groups in total. The molecule has 0 aliphatic heterocycles. The lowest BCUT2D eigenvalue weighted by atomic mass is 9.97. The summed E-state index contributed by atoms with van der Waals surface area (Å²) in [5.41, 5.74) is 0. The first-order valence-electron chi connectivity index (χ1n) is 5.69. The predicted molar refractivity (Wildman–Crippen MR) is 59.1 cm³/mol. The summed E-state index contributed by atoms with van der Waals surface area (Å²) >= 11 is 0. The van der Waals surface area contributed by atoms with E-state index in [1.165, 1.54) is 26.2 Å². The van der Waals surface area contributed by atoms with Crippen LogP contribution in [0.4, 0.5) is 0 Å². The topological polar surface area (TPSA) is 26.3 Å². The minimum absolute atomic E-state index is 0.168. The average Bonchev–Trinajstić information content (AvgIpc) is 2.14. The molecule has 0 rings (SSSR count).